The third-order valence-corrected chi connectivity index (χ3v) is 5.32. The summed E-state index contributed by atoms with van der Waals surface area (Å²) >= 11 is 0. The van der Waals surface area contributed by atoms with Crippen LogP contribution in [0.25, 0.3) is 33.4 Å². The monoisotopic (exact) mass is 380 g/mol. The summed E-state index contributed by atoms with van der Waals surface area (Å²) in [7, 11) is 0. The number of para-hydroxylation sites is 1. The first-order valence-electron chi connectivity index (χ1n) is 9.58. The largest absolute Gasteiger partial charge is 0.291 e. The number of nitrogens with zero attached hydrogens (tertiary/aromatic N) is 4. The minimum atomic E-state index is -0.126. The first-order chi connectivity index (χ1) is 14.1. The van der Waals surface area contributed by atoms with Gasteiger partial charge in [0.2, 0.25) is 0 Å². The van der Waals surface area contributed by atoms with Crippen LogP contribution in [0.3, 0.4) is 0 Å². The van der Waals surface area contributed by atoms with E-state index in [1.165, 1.54) is 0 Å². The van der Waals surface area contributed by atoms with E-state index >= 15 is 0 Å². The lowest BCUT2D eigenvalue weighted by atomic mass is 10.1. The molecule has 142 valence electrons. The third-order valence-electron chi connectivity index (χ3n) is 5.32. The van der Waals surface area contributed by atoms with Crippen molar-refractivity contribution < 1.29 is 0 Å². The van der Waals surface area contributed by atoms with Gasteiger partial charge in [0.1, 0.15) is 22.5 Å². The van der Waals surface area contributed by atoms with Gasteiger partial charge in [-0.25, -0.2) is 9.97 Å². The molecule has 29 heavy (non-hydrogen) atoms. The van der Waals surface area contributed by atoms with Gasteiger partial charge in [0.15, 0.2) is 0 Å². The van der Waals surface area contributed by atoms with Crippen LogP contribution in [-0.4, -0.2) is 19.1 Å². The first kappa shape index (κ1) is 17.4. The van der Waals surface area contributed by atoms with Gasteiger partial charge in [-0.2, -0.15) is 0 Å². The molecular formula is C24H20N4O. The molecule has 0 atom stereocenters. The summed E-state index contributed by atoms with van der Waals surface area (Å²) in [6, 6.07) is 19.7. The fourth-order valence-electron chi connectivity index (χ4n) is 3.95. The van der Waals surface area contributed by atoms with Gasteiger partial charge in [-0.3, -0.25) is 13.9 Å². The van der Waals surface area contributed by atoms with E-state index < -0.39 is 0 Å². The van der Waals surface area contributed by atoms with Crippen LogP contribution in [-0.2, 0) is 0 Å². The summed E-state index contributed by atoms with van der Waals surface area (Å²) in [5.41, 5.74) is 5.73. The lowest BCUT2D eigenvalue weighted by Crippen LogP contribution is -2.22. The quantitative estimate of drug-likeness (QED) is 0.448. The number of aromatic nitrogens is 4. The number of hydrogen-bond donors (Lipinski definition) is 0. The van der Waals surface area contributed by atoms with Gasteiger partial charge in [0.25, 0.3) is 5.56 Å². The minimum Gasteiger partial charge on any atom is -0.291 e. The Hall–Kier alpha value is -3.73. The van der Waals surface area contributed by atoms with E-state index in [4.69, 9.17) is 4.98 Å². The number of imidazole rings is 1. The fourth-order valence-corrected chi connectivity index (χ4v) is 3.95. The number of fused-ring (bicyclic) bond motifs is 3. The summed E-state index contributed by atoms with van der Waals surface area (Å²) in [4.78, 5) is 23.1. The molecule has 0 saturated heterocycles. The molecule has 3 heterocycles. The van der Waals surface area contributed by atoms with E-state index in [-0.39, 0.29) is 5.56 Å². The maximum absolute atomic E-state index is 13.8. The first-order valence-corrected chi connectivity index (χ1v) is 9.58. The molecular weight excluding hydrogens is 360 g/mol. The molecule has 0 fully saturated rings. The Kier molecular flexibility index (Phi) is 3.84. The molecule has 5 heteroatoms. The Labute approximate surface area is 167 Å². The molecule has 0 saturated carbocycles. The zero-order chi connectivity index (χ0) is 20.1. The van der Waals surface area contributed by atoms with Gasteiger partial charge in [0, 0.05) is 11.6 Å². The average molecular weight is 380 g/mol. The van der Waals surface area contributed by atoms with Crippen molar-refractivity contribution in [2.45, 2.75) is 20.8 Å². The van der Waals surface area contributed by atoms with Crippen molar-refractivity contribution in [3.63, 3.8) is 0 Å². The molecule has 0 radical (unpaired) electrons. The second-order valence-corrected chi connectivity index (χ2v) is 7.33. The van der Waals surface area contributed by atoms with Gasteiger partial charge in [-0.1, -0.05) is 30.3 Å². The molecule has 0 aliphatic rings. The Morgan fingerprint density at radius 2 is 1.66 bits per heavy atom. The van der Waals surface area contributed by atoms with E-state index in [0.717, 1.165) is 33.7 Å². The molecule has 0 bridgehead atoms. The van der Waals surface area contributed by atoms with Crippen molar-refractivity contribution in [1.82, 2.24) is 19.1 Å². The van der Waals surface area contributed by atoms with Crippen LogP contribution in [0.4, 0.5) is 0 Å². The number of pyridine rings is 2. The second-order valence-electron chi connectivity index (χ2n) is 7.33. The second kappa shape index (κ2) is 6.41. The fraction of sp³-hybridized carbons (Fsp3) is 0.125. The molecule has 5 nitrogen and oxygen atoms in total. The average Bonchev–Trinajstić information content (AvgIpc) is 3.08. The summed E-state index contributed by atoms with van der Waals surface area (Å²) in [5, 5.41) is 0.859. The van der Waals surface area contributed by atoms with Gasteiger partial charge < -0.3 is 0 Å². The highest BCUT2D eigenvalue weighted by atomic mass is 16.1. The summed E-state index contributed by atoms with van der Waals surface area (Å²) < 4.78 is 3.66. The normalized spacial score (nSPS) is 11.4. The predicted molar refractivity (Wildman–Crippen MR) is 116 cm³/mol. The highest BCUT2D eigenvalue weighted by Gasteiger charge is 2.21. The van der Waals surface area contributed by atoms with E-state index in [2.05, 4.69) is 37.0 Å². The Morgan fingerprint density at radius 1 is 0.862 bits per heavy atom. The number of rotatable bonds is 2. The van der Waals surface area contributed by atoms with Crippen LogP contribution in [0.5, 0.6) is 0 Å². The Balaban J connectivity index is 2.01. The Bertz CT molecular complexity index is 1450. The maximum atomic E-state index is 13.8. The SMILES string of the molecule is Cc1ccc(C)c(-n2c(C)nc3c4cccnc4n(-c4ccccc4)c(=O)c32)c1. The predicted octanol–water partition coefficient (Wildman–Crippen LogP) is 4.65. The molecule has 0 aliphatic heterocycles. The summed E-state index contributed by atoms with van der Waals surface area (Å²) in [6.45, 7) is 6.05. The lowest BCUT2D eigenvalue weighted by molar-refractivity contribution is 0.963. The number of hydrogen-bond acceptors (Lipinski definition) is 3. The number of aryl methyl sites for hydroxylation is 3. The van der Waals surface area contributed by atoms with Crippen LogP contribution in [0.15, 0.2) is 71.7 Å². The molecule has 0 aliphatic carbocycles. The zero-order valence-electron chi connectivity index (χ0n) is 16.5. The van der Waals surface area contributed by atoms with Gasteiger partial charge in [-0.05, 0) is 62.2 Å². The van der Waals surface area contributed by atoms with Crippen LogP contribution in [0.1, 0.15) is 17.0 Å². The van der Waals surface area contributed by atoms with Crippen LogP contribution >= 0.6 is 0 Å². The van der Waals surface area contributed by atoms with Gasteiger partial charge >= 0.3 is 0 Å². The lowest BCUT2D eigenvalue weighted by Gasteiger charge is -2.14. The Morgan fingerprint density at radius 3 is 2.45 bits per heavy atom. The van der Waals surface area contributed by atoms with Crippen molar-refractivity contribution in [2.24, 2.45) is 0 Å². The molecule has 0 spiro atoms. The molecule has 5 rings (SSSR count). The van der Waals surface area contributed by atoms with Crippen LogP contribution in [0, 0.1) is 20.8 Å². The van der Waals surface area contributed by atoms with E-state index in [1.54, 1.807) is 10.8 Å². The van der Waals surface area contributed by atoms with Crippen molar-refractivity contribution >= 4 is 22.1 Å². The van der Waals surface area contributed by atoms with Gasteiger partial charge in [-0.15, -0.1) is 0 Å². The van der Waals surface area contributed by atoms with Crippen LogP contribution in [0.2, 0.25) is 0 Å². The standard InChI is InChI=1S/C24H20N4O/c1-15-11-12-16(2)20(14-15)27-17(3)26-21-19-10-7-13-25-23(19)28(24(29)22(21)27)18-8-5-4-6-9-18/h4-14H,1-3H3. The molecule has 0 amide bonds. The van der Waals surface area contributed by atoms with Crippen molar-refractivity contribution in [2.75, 3.05) is 0 Å². The molecule has 5 aromatic rings. The highest BCUT2D eigenvalue weighted by molar-refractivity contribution is 6.02. The molecule has 2 aromatic carbocycles. The number of benzene rings is 2. The summed E-state index contributed by atoms with van der Waals surface area (Å²) in [5.74, 6) is 0.779. The highest BCUT2D eigenvalue weighted by Crippen LogP contribution is 2.28. The minimum absolute atomic E-state index is 0.126. The van der Waals surface area contributed by atoms with E-state index in [0.29, 0.717) is 16.7 Å². The smallest absolute Gasteiger partial charge is 0.283 e. The van der Waals surface area contributed by atoms with E-state index in [1.807, 2.05) is 54.0 Å². The topological polar surface area (TPSA) is 52.7 Å². The summed E-state index contributed by atoms with van der Waals surface area (Å²) in [6.07, 6.45) is 1.71. The van der Waals surface area contributed by atoms with Gasteiger partial charge in [0.05, 0.1) is 11.4 Å². The zero-order valence-corrected chi connectivity index (χ0v) is 16.5. The molecule has 0 N–H and O–H groups in total. The molecule has 3 aromatic heterocycles. The third kappa shape index (κ3) is 2.58. The molecule has 0 unspecified atom stereocenters. The maximum Gasteiger partial charge on any atom is 0.283 e. The van der Waals surface area contributed by atoms with E-state index in [9.17, 15) is 4.79 Å². The van der Waals surface area contributed by atoms with Crippen LogP contribution < -0.4 is 5.56 Å². The van der Waals surface area contributed by atoms with Crippen molar-refractivity contribution in [3.8, 4) is 11.4 Å². The van der Waals surface area contributed by atoms with Crippen molar-refractivity contribution in [3.05, 3.63) is 94.2 Å². The van der Waals surface area contributed by atoms with Crippen molar-refractivity contribution in [1.29, 1.82) is 0 Å².